The van der Waals surface area contributed by atoms with E-state index in [1.165, 1.54) is 30.5 Å². The summed E-state index contributed by atoms with van der Waals surface area (Å²) in [6, 6.07) is 40.3. The first-order valence-electron chi connectivity index (χ1n) is 20.7. The summed E-state index contributed by atoms with van der Waals surface area (Å²) in [5.41, 5.74) is 5.94. The van der Waals surface area contributed by atoms with Gasteiger partial charge in [0.25, 0.3) is 0 Å². The second-order valence-electron chi connectivity index (χ2n) is 10.7. The van der Waals surface area contributed by atoms with E-state index in [4.69, 9.17) is 25.9 Å². The molecule has 3 aromatic heterocycles. The maximum atomic E-state index is 7.93. The van der Waals surface area contributed by atoms with Gasteiger partial charge >= 0.3 is 0 Å². The van der Waals surface area contributed by atoms with Crippen LogP contribution in [0.15, 0.2) is 132 Å². The van der Waals surface area contributed by atoms with Gasteiger partial charge in [-0.25, -0.2) is 4.98 Å². The van der Waals surface area contributed by atoms with Crippen LogP contribution in [0.25, 0.3) is 67.0 Å². The van der Waals surface area contributed by atoms with Crippen molar-refractivity contribution in [1.29, 1.82) is 0 Å². The van der Waals surface area contributed by atoms with Gasteiger partial charge in [-0.1, -0.05) is 89.9 Å². The average Bonchev–Trinajstić information content (AvgIpc) is 3.65. The van der Waals surface area contributed by atoms with Crippen molar-refractivity contribution in [2.75, 3.05) is 0 Å². The van der Waals surface area contributed by atoms with Gasteiger partial charge in [0.1, 0.15) is 5.58 Å². The van der Waals surface area contributed by atoms with E-state index in [2.05, 4.69) is 34.2 Å². The largest absolute Gasteiger partial charge is 0.437 e. The minimum atomic E-state index is -2.63. The van der Waals surface area contributed by atoms with E-state index >= 15 is 0 Å². The summed E-state index contributed by atoms with van der Waals surface area (Å²) in [6.45, 7) is -9.58. The molecule has 8 aromatic rings. The minimum absolute atomic E-state index is 0. The molecule has 0 saturated carbocycles. The molecule has 237 valence electrons. The van der Waals surface area contributed by atoms with Gasteiger partial charge in [-0.05, 0) is 72.4 Å². The summed E-state index contributed by atoms with van der Waals surface area (Å²) in [7, 11) is 0. The standard InChI is InChI=1S/C30H21N2O.C13H12N.Ir/c1-19-17-26(31-18-20(19)2)25-10-6-9-23-15-16-27-29(28(23)25)32-30(33-27)24-13-11-22(12-14-24)21-7-4-3-5-8-21;1-10-3-6-12(7-4-10)13-8-5-11(2)9-14-13;/h3-9,11-18H,1-2H3;3-6,8-9H,1-2H3;/q2*-1;/i2*1D3,2D3;. The Kier molecular flexibility index (Phi) is 6.21. The van der Waals surface area contributed by atoms with Gasteiger partial charge in [0.05, 0.1) is 5.52 Å². The molecule has 1 radical (unpaired) electrons. The van der Waals surface area contributed by atoms with Crippen molar-refractivity contribution in [3.8, 4) is 45.1 Å². The number of benzene rings is 5. The van der Waals surface area contributed by atoms with Crippen molar-refractivity contribution < 1.29 is 41.0 Å². The number of rotatable bonds is 4. The van der Waals surface area contributed by atoms with Crippen molar-refractivity contribution in [2.24, 2.45) is 0 Å². The monoisotopic (exact) mass is 812 g/mol. The Hall–Kier alpha value is -5.22. The molecule has 0 fully saturated rings. The molecule has 0 saturated heterocycles. The predicted molar refractivity (Wildman–Crippen MR) is 192 cm³/mol. The Balaban J connectivity index is 0.000000243. The molecule has 3 heterocycles. The summed E-state index contributed by atoms with van der Waals surface area (Å²) in [5, 5.41) is 1.53. The average molecular weight is 812 g/mol. The van der Waals surface area contributed by atoms with Crippen LogP contribution >= 0.6 is 0 Å². The molecule has 4 nitrogen and oxygen atoms in total. The second kappa shape index (κ2) is 14.3. The van der Waals surface area contributed by atoms with Crippen LogP contribution in [0.1, 0.15) is 38.7 Å². The third kappa shape index (κ3) is 6.89. The van der Waals surface area contributed by atoms with Crippen molar-refractivity contribution >= 4 is 21.9 Å². The number of oxazole rings is 1. The maximum absolute atomic E-state index is 7.93. The first-order valence-corrected chi connectivity index (χ1v) is 14.7. The zero-order valence-corrected chi connectivity index (χ0v) is 27.6. The van der Waals surface area contributed by atoms with Crippen molar-refractivity contribution in [3.05, 3.63) is 162 Å². The molecule has 0 N–H and O–H groups in total. The van der Waals surface area contributed by atoms with Gasteiger partial charge in [0.2, 0.25) is 5.89 Å². The minimum Gasteiger partial charge on any atom is -0.437 e. The molecule has 0 aliphatic heterocycles. The number of hydrogen-bond donors (Lipinski definition) is 0. The molecule has 8 rings (SSSR count). The Morgan fingerprint density at radius 2 is 1.42 bits per heavy atom. The predicted octanol–water partition coefficient (Wildman–Crippen LogP) is 11.0. The first-order chi connectivity index (χ1) is 27.8. The van der Waals surface area contributed by atoms with E-state index in [-0.39, 0.29) is 42.4 Å². The fourth-order valence-corrected chi connectivity index (χ4v) is 5.19. The van der Waals surface area contributed by atoms with Gasteiger partial charge in [0, 0.05) is 54.5 Å². The van der Waals surface area contributed by atoms with Gasteiger partial charge in [-0.2, -0.15) is 0 Å². The van der Waals surface area contributed by atoms with Crippen LogP contribution in [0, 0.1) is 39.5 Å². The number of aromatic nitrogens is 3. The summed E-state index contributed by atoms with van der Waals surface area (Å²) in [5.74, 6) is 0.445. The van der Waals surface area contributed by atoms with E-state index in [1.54, 1.807) is 18.2 Å². The van der Waals surface area contributed by atoms with E-state index in [0.29, 0.717) is 44.9 Å². The van der Waals surface area contributed by atoms with Crippen LogP contribution in [0.5, 0.6) is 0 Å². The Morgan fingerprint density at radius 3 is 2.15 bits per heavy atom. The van der Waals surface area contributed by atoms with E-state index in [1.807, 2.05) is 60.7 Å². The molecule has 5 heteroatoms. The molecule has 0 amide bonds. The first kappa shape index (κ1) is 20.9. The van der Waals surface area contributed by atoms with Crippen LogP contribution < -0.4 is 0 Å². The van der Waals surface area contributed by atoms with Crippen molar-refractivity contribution in [3.63, 3.8) is 0 Å². The Morgan fingerprint density at radius 1 is 0.646 bits per heavy atom. The van der Waals surface area contributed by atoms with E-state index < -0.39 is 27.4 Å². The van der Waals surface area contributed by atoms with Crippen LogP contribution in [0.3, 0.4) is 0 Å². The fourth-order valence-electron chi connectivity index (χ4n) is 5.19. The zero-order valence-electron chi connectivity index (χ0n) is 37.2. The molecule has 48 heavy (non-hydrogen) atoms. The van der Waals surface area contributed by atoms with Gasteiger partial charge in [-0.15, -0.1) is 59.2 Å². The molecular weight excluding hydrogens is 767 g/mol. The number of nitrogens with zero attached hydrogens (tertiary/aromatic N) is 3. The van der Waals surface area contributed by atoms with Crippen LogP contribution in [-0.2, 0) is 20.1 Å². The zero-order chi connectivity index (χ0) is 42.3. The SMILES string of the molecule is [2H]C([2H])([2H])c1c[c-]c(-c2ccc(C([2H])([2H])[2H])cn2)cc1.[2H]C([2H])([2H])c1cnc(-c2[c-]ccc3ccc4oc(-c5ccc(-c6ccccc6)cc5)nc4c23)cc1C([2H])([2H])[2H].[Ir]. The number of aryl methyl sites for hydroxylation is 4. The molecular formula is C43H33IrN3O-2. The smallest absolute Gasteiger partial charge is 0.226 e. The van der Waals surface area contributed by atoms with Crippen molar-refractivity contribution in [1.82, 2.24) is 15.0 Å². The molecule has 0 aliphatic rings. The number of pyridine rings is 2. The summed E-state index contributed by atoms with van der Waals surface area (Å²) >= 11 is 0. The summed E-state index contributed by atoms with van der Waals surface area (Å²) in [4.78, 5) is 13.2. The van der Waals surface area contributed by atoms with E-state index in [0.717, 1.165) is 28.3 Å². The van der Waals surface area contributed by atoms with Crippen LogP contribution in [0.4, 0.5) is 0 Å². The number of hydrogen-bond acceptors (Lipinski definition) is 4. The molecule has 0 unspecified atom stereocenters. The molecule has 0 atom stereocenters. The third-order valence-electron chi connectivity index (χ3n) is 7.58. The maximum Gasteiger partial charge on any atom is 0.226 e. The normalized spacial score (nSPS) is 15.5. The van der Waals surface area contributed by atoms with Gasteiger partial charge in [0.15, 0.2) is 0 Å². The Labute approximate surface area is 311 Å². The van der Waals surface area contributed by atoms with Gasteiger partial charge in [-0.3, -0.25) is 0 Å². The third-order valence-corrected chi connectivity index (χ3v) is 7.58. The molecule has 0 aliphatic carbocycles. The fraction of sp³-hybridized carbons (Fsp3) is 0.0930. The van der Waals surface area contributed by atoms with Gasteiger partial charge < -0.3 is 14.4 Å². The Bertz CT molecular complexity index is 2690. The second-order valence-corrected chi connectivity index (χ2v) is 10.7. The quantitative estimate of drug-likeness (QED) is 0.166. The van der Waals surface area contributed by atoms with E-state index in [9.17, 15) is 0 Å². The summed E-state index contributed by atoms with van der Waals surface area (Å²) < 4.78 is 96.9. The van der Waals surface area contributed by atoms with Crippen LogP contribution in [-0.4, -0.2) is 15.0 Å². The molecule has 5 aromatic carbocycles. The summed E-state index contributed by atoms with van der Waals surface area (Å²) in [6.07, 6.45) is 2.42. The molecule has 0 spiro atoms. The van der Waals surface area contributed by atoms with Crippen molar-refractivity contribution in [2.45, 2.75) is 27.4 Å². The topological polar surface area (TPSA) is 51.8 Å². The molecule has 0 bridgehead atoms. The number of fused-ring (bicyclic) bond motifs is 3. The van der Waals surface area contributed by atoms with Crippen LogP contribution in [0.2, 0.25) is 0 Å².